The van der Waals surface area contributed by atoms with Gasteiger partial charge in [0.25, 0.3) is 0 Å². The Hall–Kier alpha value is -1.56. The fourth-order valence-corrected chi connectivity index (χ4v) is 2.84. The van der Waals surface area contributed by atoms with Crippen LogP contribution in [0, 0.1) is 11.8 Å². The summed E-state index contributed by atoms with van der Waals surface area (Å²) in [6, 6.07) is 3.91. The molecule has 1 aromatic heterocycles. The Morgan fingerprint density at radius 1 is 1.58 bits per heavy atom. The first-order chi connectivity index (χ1) is 9.01. The van der Waals surface area contributed by atoms with Crippen molar-refractivity contribution in [3.8, 4) is 0 Å². The number of nitrogens with two attached hydrogens (primary N) is 1. The Bertz CT molecular complexity index is 429. The van der Waals surface area contributed by atoms with E-state index in [-0.39, 0.29) is 23.7 Å². The molecule has 1 aromatic rings. The van der Waals surface area contributed by atoms with Gasteiger partial charge in [-0.3, -0.25) is 4.79 Å². The van der Waals surface area contributed by atoms with Gasteiger partial charge in [-0.25, -0.2) is 0 Å². The molecular weight excluding hydrogens is 262 g/mol. The summed E-state index contributed by atoms with van der Waals surface area (Å²) in [5.41, 5.74) is 5.54. The molecule has 1 heterocycles. The van der Waals surface area contributed by atoms with Crippen molar-refractivity contribution in [3.05, 3.63) is 22.4 Å². The van der Waals surface area contributed by atoms with Gasteiger partial charge in [-0.2, -0.15) is 0 Å². The maximum absolute atomic E-state index is 12.2. The molecule has 19 heavy (non-hydrogen) atoms. The third-order valence-corrected chi connectivity index (χ3v) is 3.97. The van der Waals surface area contributed by atoms with E-state index in [0.717, 1.165) is 4.88 Å². The lowest BCUT2D eigenvalue weighted by molar-refractivity contribution is -0.124. The van der Waals surface area contributed by atoms with Crippen LogP contribution >= 0.6 is 11.3 Å². The van der Waals surface area contributed by atoms with E-state index in [2.05, 4.69) is 24.3 Å². The minimum Gasteiger partial charge on any atom is -0.409 e. The molecule has 0 aliphatic carbocycles. The number of hydrogen-bond donors (Lipinski definition) is 3. The number of nitrogens with one attached hydrogen (secondary N) is 1. The zero-order valence-electron chi connectivity index (χ0n) is 11.5. The normalized spacial score (nSPS) is 15.3. The van der Waals surface area contributed by atoms with Crippen LogP contribution in [0.5, 0.6) is 0 Å². The zero-order chi connectivity index (χ0) is 14.4. The Kier molecular flexibility index (Phi) is 5.82. The highest BCUT2D eigenvalue weighted by Gasteiger charge is 2.26. The molecule has 1 amide bonds. The summed E-state index contributed by atoms with van der Waals surface area (Å²) in [6.45, 7) is 5.93. The first-order valence-corrected chi connectivity index (χ1v) is 7.20. The molecule has 2 unspecified atom stereocenters. The van der Waals surface area contributed by atoms with Gasteiger partial charge in [-0.1, -0.05) is 32.0 Å². The van der Waals surface area contributed by atoms with E-state index in [1.54, 1.807) is 11.3 Å². The second kappa shape index (κ2) is 7.13. The number of carbonyl (C=O) groups is 1. The molecule has 0 spiro atoms. The van der Waals surface area contributed by atoms with E-state index in [0.29, 0.717) is 6.42 Å². The lowest BCUT2D eigenvalue weighted by Gasteiger charge is -2.23. The second-order valence-corrected chi connectivity index (χ2v) is 5.71. The van der Waals surface area contributed by atoms with Crippen LogP contribution < -0.4 is 11.1 Å². The Labute approximate surface area is 117 Å². The summed E-state index contributed by atoms with van der Waals surface area (Å²) in [5.74, 6) is -0.572. The molecule has 6 heteroatoms. The van der Waals surface area contributed by atoms with Gasteiger partial charge in [-0.05, 0) is 23.8 Å². The van der Waals surface area contributed by atoms with E-state index < -0.39 is 5.92 Å². The van der Waals surface area contributed by atoms with Gasteiger partial charge in [-0.15, -0.1) is 11.3 Å². The van der Waals surface area contributed by atoms with Gasteiger partial charge < -0.3 is 16.3 Å². The summed E-state index contributed by atoms with van der Waals surface area (Å²) in [5, 5.41) is 16.6. The minimum absolute atomic E-state index is 0.0475. The molecule has 0 aromatic carbocycles. The first-order valence-electron chi connectivity index (χ1n) is 6.32. The number of thiophene rings is 1. The largest absolute Gasteiger partial charge is 0.409 e. The van der Waals surface area contributed by atoms with E-state index in [1.807, 2.05) is 24.4 Å². The molecule has 106 valence electrons. The topological polar surface area (TPSA) is 87.7 Å². The van der Waals surface area contributed by atoms with E-state index in [1.165, 1.54) is 0 Å². The summed E-state index contributed by atoms with van der Waals surface area (Å²) >= 11 is 1.61. The zero-order valence-corrected chi connectivity index (χ0v) is 12.3. The number of rotatable bonds is 6. The van der Waals surface area contributed by atoms with E-state index in [4.69, 9.17) is 10.9 Å². The van der Waals surface area contributed by atoms with Crippen molar-refractivity contribution in [1.29, 1.82) is 0 Å². The molecule has 0 bridgehead atoms. The van der Waals surface area contributed by atoms with Gasteiger partial charge in [0.1, 0.15) is 0 Å². The van der Waals surface area contributed by atoms with Gasteiger partial charge in [0.05, 0.1) is 12.0 Å². The Morgan fingerprint density at radius 2 is 2.26 bits per heavy atom. The number of hydrogen-bond acceptors (Lipinski definition) is 4. The van der Waals surface area contributed by atoms with Gasteiger partial charge >= 0.3 is 0 Å². The van der Waals surface area contributed by atoms with Gasteiger partial charge in [0.2, 0.25) is 5.91 Å². The Balaban J connectivity index is 2.83. The van der Waals surface area contributed by atoms with Crippen molar-refractivity contribution < 1.29 is 10.0 Å². The smallest absolute Gasteiger partial charge is 0.231 e. The standard InChI is InChI=1S/C13H21N3O2S/c1-4-9(12(14)16-18)13(17)15-11(8(2)3)10-6-5-7-19-10/h5-9,11,18H,4H2,1-3H3,(H2,14,16)(H,15,17). The summed E-state index contributed by atoms with van der Waals surface area (Å²) < 4.78 is 0. The molecular formula is C13H21N3O2S. The molecule has 0 radical (unpaired) electrons. The van der Waals surface area contributed by atoms with Crippen LogP contribution in [0.4, 0.5) is 0 Å². The monoisotopic (exact) mass is 283 g/mol. The van der Waals surface area contributed by atoms with Gasteiger partial charge in [0, 0.05) is 4.88 Å². The van der Waals surface area contributed by atoms with Crippen molar-refractivity contribution >= 4 is 23.1 Å². The van der Waals surface area contributed by atoms with Crippen molar-refractivity contribution in [2.24, 2.45) is 22.7 Å². The molecule has 2 atom stereocenters. The van der Waals surface area contributed by atoms with Crippen molar-refractivity contribution in [2.75, 3.05) is 0 Å². The second-order valence-electron chi connectivity index (χ2n) is 4.73. The Morgan fingerprint density at radius 3 is 2.68 bits per heavy atom. The summed E-state index contributed by atoms with van der Waals surface area (Å²) in [6.07, 6.45) is 0.497. The van der Waals surface area contributed by atoms with Crippen molar-refractivity contribution in [3.63, 3.8) is 0 Å². The lowest BCUT2D eigenvalue weighted by atomic mass is 9.99. The van der Waals surface area contributed by atoms with Crippen LogP contribution in [0.2, 0.25) is 0 Å². The molecule has 0 fully saturated rings. The first kappa shape index (κ1) is 15.5. The fraction of sp³-hybridized carbons (Fsp3) is 0.538. The lowest BCUT2D eigenvalue weighted by Crippen LogP contribution is -2.41. The van der Waals surface area contributed by atoms with Crippen LogP contribution in [0.3, 0.4) is 0 Å². The molecule has 0 saturated heterocycles. The van der Waals surface area contributed by atoms with Crippen LogP contribution in [-0.2, 0) is 4.79 Å². The van der Waals surface area contributed by atoms with Crippen LogP contribution in [-0.4, -0.2) is 17.0 Å². The predicted molar refractivity (Wildman–Crippen MR) is 77.2 cm³/mol. The highest BCUT2D eigenvalue weighted by molar-refractivity contribution is 7.10. The average molecular weight is 283 g/mol. The number of amidine groups is 1. The third-order valence-electron chi connectivity index (χ3n) is 3.01. The van der Waals surface area contributed by atoms with Crippen LogP contribution in [0.15, 0.2) is 22.7 Å². The molecule has 4 N–H and O–H groups in total. The maximum atomic E-state index is 12.2. The summed E-state index contributed by atoms with van der Waals surface area (Å²) in [7, 11) is 0. The van der Waals surface area contributed by atoms with Gasteiger partial charge in [0.15, 0.2) is 5.84 Å². The number of oxime groups is 1. The van der Waals surface area contributed by atoms with Crippen LogP contribution in [0.25, 0.3) is 0 Å². The number of amides is 1. The maximum Gasteiger partial charge on any atom is 0.231 e. The highest BCUT2D eigenvalue weighted by Crippen LogP contribution is 2.26. The van der Waals surface area contributed by atoms with Crippen LogP contribution in [0.1, 0.15) is 38.1 Å². The summed E-state index contributed by atoms with van der Waals surface area (Å²) in [4.78, 5) is 13.3. The fourth-order valence-electron chi connectivity index (χ4n) is 1.89. The minimum atomic E-state index is -0.591. The van der Waals surface area contributed by atoms with E-state index >= 15 is 0 Å². The predicted octanol–water partition coefficient (Wildman–Crippen LogP) is 2.33. The molecule has 0 aliphatic rings. The molecule has 0 saturated carbocycles. The number of nitrogens with zero attached hydrogens (tertiary/aromatic N) is 1. The number of carbonyl (C=O) groups excluding carboxylic acids is 1. The van der Waals surface area contributed by atoms with Crippen molar-refractivity contribution in [1.82, 2.24) is 5.32 Å². The van der Waals surface area contributed by atoms with E-state index in [9.17, 15) is 4.79 Å². The quantitative estimate of drug-likeness (QED) is 0.324. The SMILES string of the molecule is CCC(C(=O)NC(c1cccs1)C(C)C)C(N)=NO. The third kappa shape index (κ3) is 3.96. The molecule has 5 nitrogen and oxygen atoms in total. The highest BCUT2D eigenvalue weighted by atomic mass is 32.1. The van der Waals surface area contributed by atoms with Crippen molar-refractivity contribution in [2.45, 2.75) is 33.2 Å². The molecule has 1 rings (SSSR count). The molecule has 0 aliphatic heterocycles. The average Bonchev–Trinajstić information content (AvgIpc) is 2.89.